The Kier molecular flexibility index (Phi) is 6.41. The summed E-state index contributed by atoms with van der Waals surface area (Å²) < 4.78 is 7.69. The molecule has 0 bridgehead atoms. The van der Waals surface area contributed by atoms with Crippen LogP contribution in [-0.4, -0.2) is 52.7 Å². The highest BCUT2D eigenvalue weighted by atomic mass is 32.2. The molecule has 1 N–H and O–H groups in total. The Labute approximate surface area is 192 Å². The summed E-state index contributed by atoms with van der Waals surface area (Å²) in [6.07, 6.45) is 2.28. The molecule has 32 heavy (non-hydrogen) atoms. The van der Waals surface area contributed by atoms with Crippen molar-refractivity contribution >= 4 is 23.6 Å². The zero-order valence-corrected chi connectivity index (χ0v) is 18.7. The number of nitrogens with zero attached hydrogens (tertiary/aromatic N) is 4. The number of aromatic nitrogens is 3. The molecule has 2 aromatic carbocycles. The van der Waals surface area contributed by atoms with Gasteiger partial charge in [0, 0.05) is 19.1 Å². The number of ether oxygens (including phenoxy) is 1. The van der Waals surface area contributed by atoms with Gasteiger partial charge in [0.15, 0.2) is 5.16 Å². The van der Waals surface area contributed by atoms with E-state index in [2.05, 4.69) is 25.0 Å². The molecule has 7 nitrogen and oxygen atoms in total. The van der Waals surface area contributed by atoms with E-state index in [1.807, 2.05) is 60.7 Å². The Morgan fingerprint density at radius 2 is 1.62 bits per heavy atom. The summed E-state index contributed by atoms with van der Waals surface area (Å²) in [5.74, 6) is 1.18. The van der Waals surface area contributed by atoms with Crippen LogP contribution in [0.5, 0.6) is 0 Å². The van der Waals surface area contributed by atoms with Gasteiger partial charge in [0.25, 0.3) is 0 Å². The number of carbonyl (C=O) groups is 1. The van der Waals surface area contributed by atoms with E-state index in [1.165, 1.54) is 11.8 Å². The van der Waals surface area contributed by atoms with E-state index in [9.17, 15) is 4.79 Å². The highest BCUT2D eigenvalue weighted by molar-refractivity contribution is 7.99. The summed E-state index contributed by atoms with van der Waals surface area (Å²) in [7, 11) is 0. The maximum Gasteiger partial charge on any atom is 0.231 e. The smallest absolute Gasteiger partial charge is 0.231 e. The van der Waals surface area contributed by atoms with Crippen LogP contribution in [-0.2, 0) is 9.53 Å². The lowest BCUT2D eigenvalue weighted by Crippen LogP contribution is -2.38. The summed E-state index contributed by atoms with van der Waals surface area (Å²) in [5, 5.41) is 12.9. The molecule has 0 unspecified atom stereocenters. The average molecular weight is 450 g/mol. The standard InChI is InChI=1S/C24H27N5O2S/c30-21(25-22(18-7-3-1-4-8-18)19-9-5-2-6-10-19)17-32-24-27-26-23(29(24)20-11-12-20)28-13-15-31-16-14-28/h1-10,20,22H,11-17H2,(H,25,30). The SMILES string of the molecule is O=C(CSc1nnc(N2CCOCC2)n1C1CC1)NC(c1ccccc1)c1ccccc1. The van der Waals surface area contributed by atoms with Crippen molar-refractivity contribution in [1.82, 2.24) is 20.1 Å². The first kappa shape index (κ1) is 21.0. The molecule has 1 amide bonds. The van der Waals surface area contributed by atoms with E-state index in [4.69, 9.17) is 4.74 Å². The van der Waals surface area contributed by atoms with Crippen molar-refractivity contribution in [2.75, 3.05) is 37.0 Å². The lowest BCUT2D eigenvalue weighted by Gasteiger charge is -2.27. The third kappa shape index (κ3) is 4.81. The molecule has 2 aliphatic rings. The minimum absolute atomic E-state index is 0.0222. The average Bonchev–Trinajstić information content (AvgIpc) is 3.61. The van der Waals surface area contributed by atoms with Crippen LogP contribution >= 0.6 is 11.8 Å². The third-order valence-corrected chi connectivity index (χ3v) is 6.70. The maximum atomic E-state index is 13.0. The van der Waals surface area contributed by atoms with Gasteiger partial charge in [-0.25, -0.2) is 0 Å². The molecule has 3 aromatic rings. The first-order chi connectivity index (χ1) is 15.8. The number of thioether (sulfide) groups is 1. The first-order valence-electron chi connectivity index (χ1n) is 11.1. The second-order valence-electron chi connectivity index (χ2n) is 8.09. The summed E-state index contributed by atoms with van der Waals surface area (Å²) in [6, 6.07) is 20.4. The zero-order chi connectivity index (χ0) is 21.8. The second-order valence-corrected chi connectivity index (χ2v) is 9.04. The molecule has 1 aliphatic carbocycles. The zero-order valence-electron chi connectivity index (χ0n) is 17.9. The number of rotatable bonds is 8. The molecule has 8 heteroatoms. The van der Waals surface area contributed by atoms with E-state index in [1.54, 1.807) is 0 Å². The predicted molar refractivity (Wildman–Crippen MR) is 125 cm³/mol. The van der Waals surface area contributed by atoms with Gasteiger partial charge in [0.05, 0.1) is 25.0 Å². The molecular formula is C24H27N5O2S. The van der Waals surface area contributed by atoms with Gasteiger partial charge in [0.2, 0.25) is 11.9 Å². The Hall–Kier alpha value is -2.84. The van der Waals surface area contributed by atoms with Gasteiger partial charge in [-0.1, -0.05) is 72.4 Å². The van der Waals surface area contributed by atoms with Crippen molar-refractivity contribution < 1.29 is 9.53 Å². The molecule has 0 radical (unpaired) electrons. The van der Waals surface area contributed by atoms with Crippen LogP contribution in [0.4, 0.5) is 5.95 Å². The van der Waals surface area contributed by atoms with Crippen LogP contribution in [0.25, 0.3) is 0 Å². The number of amides is 1. The highest BCUT2D eigenvalue weighted by Crippen LogP contribution is 2.41. The summed E-state index contributed by atoms with van der Waals surface area (Å²) >= 11 is 1.46. The molecule has 1 saturated carbocycles. The fourth-order valence-corrected chi connectivity index (χ4v) is 4.79. The largest absolute Gasteiger partial charge is 0.378 e. The normalized spacial score (nSPS) is 16.3. The van der Waals surface area contributed by atoms with Crippen molar-refractivity contribution in [2.24, 2.45) is 0 Å². The third-order valence-electron chi connectivity index (χ3n) is 5.76. The van der Waals surface area contributed by atoms with E-state index in [0.29, 0.717) is 25.0 Å². The summed E-state index contributed by atoms with van der Waals surface area (Å²) in [4.78, 5) is 15.2. The minimum atomic E-state index is -0.185. The highest BCUT2D eigenvalue weighted by Gasteiger charge is 2.32. The molecule has 0 spiro atoms. The lowest BCUT2D eigenvalue weighted by molar-refractivity contribution is -0.119. The maximum absolute atomic E-state index is 13.0. The predicted octanol–water partition coefficient (Wildman–Crippen LogP) is 3.45. The Morgan fingerprint density at radius 1 is 1.00 bits per heavy atom. The fourth-order valence-electron chi connectivity index (χ4n) is 3.98. The van der Waals surface area contributed by atoms with Gasteiger partial charge in [0.1, 0.15) is 0 Å². The monoisotopic (exact) mass is 449 g/mol. The first-order valence-corrected chi connectivity index (χ1v) is 12.1. The van der Waals surface area contributed by atoms with Gasteiger partial charge in [-0.3, -0.25) is 9.36 Å². The number of nitrogens with one attached hydrogen (secondary N) is 1. The van der Waals surface area contributed by atoms with Crippen LogP contribution in [0.3, 0.4) is 0 Å². The number of morpholine rings is 1. The molecule has 166 valence electrons. The molecule has 0 atom stereocenters. The van der Waals surface area contributed by atoms with Crippen molar-refractivity contribution in [3.05, 3.63) is 71.8 Å². The summed E-state index contributed by atoms with van der Waals surface area (Å²) in [5.41, 5.74) is 2.13. The molecular weight excluding hydrogens is 422 g/mol. The number of benzene rings is 2. The van der Waals surface area contributed by atoms with Gasteiger partial charge in [-0.15, -0.1) is 10.2 Å². The minimum Gasteiger partial charge on any atom is -0.378 e. The van der Waals surface area contributed by atoms with E-state index >= 15 is 0 Å². The number of hydrogen-bond donors (Lipinski definition) is 1. The molecule has 5 rings (SSSR count). The van der Waals surface area contributed by atoms with Crippen LogP contribution < -0.4 is 10.2 Å². The Morgan fingerprint density at radius 3 is 2.22 bits per heavy atom. The number of hydrogen-bond acceptors (Lipinski definition) is 6. The van der Waals surface area contributed by atoms with Crippen molar-refractivity contribution in [2.45, 2.75) is 30.1 Å². The fraction of sp³-hybridized carbons (Fsp3) is 0.375. The van der Waals surface area contributed by atoms with E-state index < -0.39 is 0 Å². The quantitative estimate of drug-likeness (QED) is 0.531. The van der Waals surface area contributed by atoms with Gasteiger partial charge in [-0.2, -0.15) is 0 Å². The van der Waals surface area contributed by atoms with Crippen LogP contribution in [0.15, 0.2) is 65.8 Å². The Bertz CT molecular complexity index is 994. The molecule has 2 fully saturated rings. The van der Waals surface area contributed by atoms with Crippen LogP contribution in [0, 0.1) is 0 Å². The lowest BCUT2D eigenvalue weighted by atomic mass is 9.99. The number of anilines is 1. The van der Waals surface area contributed by atoms with Gasteiger partial charge >= 0.3 is 0 Å². The molecule has 2 heterocycles. The Balaban J connectivity index is 1.28. The molecule has 1 aliphatic heterocycles. The van der Waals surface area contributed by atoms with Gasteiger partial charge < -0.3 is 15.0 Å². The van der Waals surface area contributed by atoms with E-state index in [-0.39, 0.29) is 11.9 Å². The van der Waals surface area contributed by atoms with E-state index in [0.717, 1.165) is 48.2 Å². The molecule has 1 saturated heterocycles. The topological polar surface area (TPSA) is 72.3 Å². The van der Waals surface area contributed by atoms with Crippen molar-refractivity contribution in [3.8, 4) is 0 Å². The summed E-state index contributed by atoms with van der Waals surface area (Å²) in [6.45, 7) is 3.07. The van der Waals surface area contributed by atoms with Crippen LogP contribution in [0.1, 0.15) is 36.1 Å². The van der Waals surface area contributed by atoms with Crippen molar-refractivity contribution in [3.63, 3.8) is 0 Å². The second kappa shape index (κ2) is 9.75. The molecule has 1 aromatic heterocycles. The van der Waals surface area contributed by atoms with Crippen molar-refractivity contribution in [1.29, 1.82) is 0 Å². The number of carbonyl (C=O) groups excluding carboxylic acids is 1. The van der Waals surface area contributed by atoms with Crippen LogP contribution in [0.2, 0.25) is 0 Å². The van der Waals surface area contributed by atoms with Gasteiger partial charge in [-0.05, 0) is 24.0 Å².